The van der Waals surface area contributed by atoms with Crippen molar-refractivity contribution in [1.82, 2.24) is 9.47 Å². The van der Waals surface area contributed by atoms with Gasteiger partial charge in [0.05, 0.1) is 5.56 Å². The lowest BCUT2D eigenvalue weighted by atomic mass is 10.0. The third-order valence-electron chi connectivity index (χ3n) is 9.67. The van der Waals surface area contributed by atoms with Gasteiger partial charge in [0.25, 0.3) is 5.91 Å². The summed E-state index contributed by atoms with van der Waals surface area (Å²) in [5.74, 6) is 1.08. The summed E-state index contributed by atoms with van der Waals surface area (Å²) in [6, 6.07) is 21.1. The van der Waals surface area contributed by atoms with Gasteiger partial charge in [-0.25, -0.2) is 4.39 Å². The van der Waals surface area contributed by atoms with Crippen molar-refractivity contribution in [3.8, 4) is 34.1 Å². The Bertz CT molecular complexity index is 1910. The first-order valence-corrected chi connectivity index (χ1v) is 17.7. The molecule has 2 unspecified atom stereocenters. The van der Waals surface area contributed by atoms with Crippen molar-refractivity contribution in [2.45, 2.75) is 67.3 Å². The topological polar surface area (TPSA) is 87.0 Å². The van der Waals surface area contributed by atoms with E-state index in [2.05, 4.69) is 68.5 Å². The average Bonchev–Trinajstić information content (AvgIpc) is 3.31. The van der Waals surface area contributed by atoms with Gasteiger partial charge in [0.1, 0.15) is 28.8 Å². The van der Waals surface area contributed by atoms with E-state index in [1.165, 1.54) is 66.0 Å². The number of aromatic hydroxyl groups is 2. The van der Waals surface area contributed by atoms with E-state index in [-0.39, 0.29) is 22.7 Å². The van der Waals surface area contributed by atoms with Crippen LogP contribution in [0, 0.1) is 31.5 Å². The van der Waals surface area contributed by atoms with Crippen LogP contribution in [0.4, 0.5) is 10.1 Å². The summed E-state index contributed by atoms with van der Waals surface area (Å²) < 4.78 is 22.1. The Morgan fingerprint density at radius 2 is 1.60 bits per heavy atom. The van der Waals surface area contributed by atoms with E-state index in [0.717, 1.165) is 43.9 Å². The molecule has 3 N–H and O–H groups in total. The monoisotopic (exact) mass is 679 g/mol. The van der Waals surface area contributed by atoms with Gasteiger partial charge in [-0.2, -0.15) is 0 Å². The van der Waals surface area contributed by atoms with Crippen LogP contribution in [0.25, 0.3) is 22.0 Å². The number of benzene rings is 4. The average molecular weight is 680 g/mol. The van der Waals surface area contributed by atoms with Gasteiger partial charge in [-0.05, 0) is 111 Å². The predicted octanol–water partition coefficient (Wildman–Crippen LogP) is 10.3. The third kappa shape index (κ3) is 8.66. The molecule has 0 bridgehead atoms. The first kappa shape index (κ1) is 36.5. The fraction of sp³-hybridized carbons (Fsp3) is 0.357. The Labute approximate surface area is 295 Å². The van der Waals surface area contributed by atoms with Gasteiger partial charge in [-0.3, -0.25) is 4.79 Å². The quantitative estimate of drug-likeness (QED) is 0.103. The largest absolute Gasteiger partial charge is 0.507 e. The van der Waals surface area contributed by atoms with Gasteiger partial charge in [0.2, 0.25) is 0 Å². The number of aromatic nitrogens is 1. The Morgan fingerprint density at radius 3 is 2.28 bits per heavy atom. The molecule has 0 fully saturated rings. The molecule has 5 rings (SSSR count). The molecule has 2 atom stereocenters. The van der Waals surface area contributed by atoms with E-state index in [9.17, 15) is 19.4 Å². The van der Waals surface area contributed by atoms with E-state index in [1.54, 1.807) is 24.3 Å². The van der Waals surface area contributed by atoms with E-state index >= 15 is 0 Å². The first-order valence-electron chi connectivity index (χ1n) is 17.7. The molecule has 1 aromatic heterocycles. The molecular formula is C42H50FN3O4. The highest BCUT2D eigenvalue weighted by Gasteiger charge is 2.18. The summed E-state index contributed by atoms with van der Waals surface area (Å²) in [5, 5.41) is 25.1. The molecule has 8 heteroatoms. The Kier molecular flexibility index (Phi) is 11.9. The number of nitrogens with one attached hydrogen (secondary N) is 1. The maximum absolute atomic E-state index is 13.4. The number of phenolic OH excluding ortho intramolecular Hbond substituents is 2. The lowest BCUT2D eigenvalue weighted by Crippen LogP contribution is -2.32. The lowest BCUT2D eigenvalue weighted by molar-refractivity contribution is 0.102. The molecule has 0 saturated carbocycles. The van der Waals surface area contributed by atoms with Crippen LogP contribution in [0.3, 0.4) is 0 Å². The molecule has 0 spiro atoms. The molecule has 0 radical (unpaired) electrons. The van der Waals surface area contributed by atoms with E-state index in [4.69, 9.17) is 4.74 Å². The molecule has 0 aliphatic heterocycles. The maximum Gasteiger partial charge on any atom is 0.255 e. The van der Waals surface area contributed by atoms with Crippen LogP contribution in [0.15, 0.2) is 78.9 Å². The van der Waals surface area contributed by atoms with Crippen molar-refractivity contribution < 1.29 is 24.1 Å². The second-order valence-corrected chi connectivity index (χ2v) is 13.7. The number of rotatable bonds is 15. The highest BCUT2D eigenvalue weighted by molar-refractivity contribution is 6.05. The predicted molar refractivity (Wildman–Crippen MR) is 201 cm³/mol. The van der Waals surface area contributed by atoms with Crippen molar-refractivity contribution in [3.05, 3.63) is 102 Å². The van der Waals surface area contributed by atoms with Crippen LogP contribution in [-0.2, 0) is 6.54 Å². The number of aryl methyl sites for hydroxylation is 1. The summed E-state index contributed by atoms with van der Waals surface area (Å²) in [6.07, 6.45) is 3.63. The second-order valence-electron chi connectivity index (χ2n) is 13.7. The number of carbonyl (C=O) groups is 1. The Morgan fingerprint density at radius 1 is 0.900 bits per heavy atom. The molecule has 0 aliphatic rings. The zero-order valence-electron chi connectivity index (χ0n) is 30.1. The van der Waals surface area contributed by atoms with Crippen LogP contribution in [0.5, 0.6) is 23.0 Å². The van der Waals surface area contributed by atoms with Crippen LogP contribution in [0.1, 0.15) is 68.6 Å². The van der Waals surface area contributed by atoms with Crippen molar-refractivity contribution in [2.75, 3.05) is 25.0 Å². The first-order chi connectivity index (χ1) is 24.0. The summed E-state index contributed by atoms with van der Waals surface area (Å²) in [5.41, 5.74) is 4.82. The highest BCUT2D eigenvalue weighted by Crippen LogP contribution is 2.40. The minimum Gasteiger partial charge on any atom is -0.507 e. The number of phenols is 2. The number of hydrogen-bond donors (Lipinski definition) is 3. The molecule has 1 heterocycles. The SMILES string of the molecule is CCCN(CCC(C)CC)CC(C)Cn1c(C)c(C)c2cc(Oc3cccc(C(=O)Nc4cc(O)c(-c5ccc(F)cc5)c(O)c4)c3)ccc21. The smallest absolute Gasteiger partial charge is 0.255 e. The fourth-order valence-corrected chi connectivity index (χ4v) is 6.59. The number of amides is 1. The number of hydrogen-bond acceptors (Lipinski definition) is 5. The number of nitrogens with zero attached hydrogens (tertiary/aromatic N) is 2. The summed E-state index contributed by atoms with van der Waals surface area (Å²) in [4.78, 5) is 15.8. The second kappa shape index (κ2) is 16.3. The zero-order valence-corrected chi connectivity index (χ0v) is 30.1. The van der Waals surface area contributed by atoms with Crippen LogP contribution >= 0.6 is 0 Å². The van der Waals surface area contributed by atoms with Crippen LogP contribution in [0.2, 0.25) is 0 Å². The number of ether oxygens (including phenoxy) is 1. The van der Waals surface area contributed by atoms with Crippen molar-refractivity contribution in [2.24, 2.45) is 11.8 Å². The van der Waals surface area contributed by atoms with Gasteiger partial charge in [0, 0.05) is 53.1 Å². The minimum atomic E-state index is -0.436. The van der Waals surface area contributed by atoms with Crippen molar-refractivity contribution in [3.63, 3.8) is 0 Å². The summed E-state index contributed by atoms with van der Waals surface area (Å²) in [6.45, 7) is 17.9. The van der Waals surface area contributed by atoms with Gasteiger partial charge in [-0.1, -0.05) is 52.3 Å². The molecule has 5 aromatic rings. The fourth-order valence-electron chi connectivity index (χ4n) is 6.59. The van der Waals surface area contributed by atoms with Crippen molar-refractivity contribution in [1.29, 1.82) is 0 Å². The Hall–Kier alpha value is -4.82. The molecule has 7 nitrogen and oxygen atoms in total. The Balaban J connectivity index is 1.27. The number of fused-ring (bicyclic) bond motifs is 1. The maximum atomic E-state index is 13.4. The number of carbonyl (C=O) groups excluding carboxylic acids is 1. The minimum absolute atomic E-state index is 0.150. The standard InChI is InChI=1S/C42H50FN3O4/c1-7-19-45(20-18-27(3)8-2)25-28(4)26-46-30(6)29(5)37-24-36(16-17-38(37)46)50-35-11-9-10-32(21-35)42(49)44-34-22-39(47)41(40(48)23-34)31-12-14-33(43)15-13-31/h9-17,21-24,27-28,47-48H,7-8,18-20,25-26H2,1-6H3,(H,44,49). The van der Waals surface area contributed by atoms with Gasteiger partial charge in [0.15, 0.2) is 0 Å². The molecule has 4 aromatic carbocycles. The molecular weight excluding hydrogens is 629 g/mol. The van der Waals surface area contributed by atoms with Gasteiger partial charge >= 0.3 is 0 Å². The number of anilines is 1. The summed E-state index contributed by atoms with van der Waals surface area (Å²) >= 11 is 0. The molecule has 50 heavy (non-hydrogen) atoms. The molecule has 0 aliphatic carbocycles. The number of halogens is 1. The van der Waals surface area contributed by atoms with E-state index in [1.807, 2.05) is 6.07 Å². The molecule has 0 saturated heterocycles. The highest BCUT2D eigenvalue weighted by atomic mass is 19.1. The van der Waals surface area contributed by atoms with E-state index < -0.39 is 11.7 Å². The zero-order chi connectivity index (χ0) is 35.9. The summed E-state index contributed by atoms with van der Waals surface area (Å²) in [7, 11) is 0. The van der Waals surface area contributed by atoms with Crippen molar-refractivity contribution >= 4 is 22.5 Å². The molecule has 1 amide bonds. The molecule has 264 valence electrons. The van der Waals surface area contributed by atoms with E-state index in [0.29, 0.717) is 28.5 Å². The normalized spacial score (nSPS) is 12.7. The van der Waals surface area contributed by atoms with Gasteiger partial charge in [-0.15, -0.1) is 0 Å². The third-order valence-corrected chi connectivity index (χ3v) is 9.67. The van der Waals surface area contributed by atoms with Crippen LogP contribution in [-0.4, -0.2) is 45.2 Å². The lowest BCUT2D eigenvalue weighted by Gasteiger charge is -2.27. The van der Waals surface area contributed by atoms with Gasteiger partial charge < -0.3 is 29.7 Å². The van der Waals surface area contributed by atoms with Crippen LogP contribution < -0.4 is 10.1 Å².